The maximum Gasteiger partial charge on any atom is 0.233 e. The zero-order valence-electron chi connectivity index (χ0n) is 15.0. The number of amides is 1. The highest BCUT2D eigenvalue weighted by molar-refractivity contribution is 7.99. The van der Waals surface area contributed by atoms with Gasteiger partial charge in [-0.1, -0.05) is 59.8 Å². The molecule has 0 aliphatic carbocycles. The van der Waals surface area contributed by atoms with Gasteiger partial charge in [-0.2, -0.15) is 4.68 Å². The predicted octanol–water partition coefficient (Wildman–Crippen LogP) is 3.28. The van der Waals surface area contributed by atoms with Gasteiger partial charge in [0.25, 0.3) is 0 Å². The summed E-state index contributed by atoms with van der Waals surface area (Å²) in [7, 11) is 1.82. The van der Waals surface area contributed by atoms with Crippen LogP contribution in [0.3, 0.4) is 0 Å². The molecule has 1 amide bonds. The Balaban J connectivity index is 1.65. The van der Waals surface area contributed by atoms with E-state index < -0.39 is 0 Å². The van der Waals surface area contributed by atoms with E-state index in [0.717, 1.165) is 11.3 Å². The SMILES string of the molecule is Cc1ccc(-n2nnnc2SCC(=O)N(C)C(C)c2ccccc2)cc1. The molecule has 0 bridgehead atoms. The van der Waals surface area contributed by atoms with Crippen molar-refractivity contribution in [1.29, 1.82) is 0 Å². The quantitative estimate of drug-likeness (QED) is 0.626. The summed E-state index contributed by atoms with van der Waals surface area (Å²) in [5.74, 6) is 0.310. The molecule has 6 nitrogen and oxygen atoms in total. The molecule has 7 heteroatoms. The first kappa shape index (κ1) is 18.1. The lowest BCUT2D eigenvalue weighted by Gasteiger charge is -2.25. The van der Waals surface area contributed by atoms with Gasteiger partial charge in [0.05, 0.1) is 17.5 Å². The zero-order chi connectivity index (χ0) is 18.5. The molecule has 0 spiro atoms. The molecule has 0 N–H and O–H groups in total. The smallest absolute Gasteiger partial charge is 0.233 e. The number of benzene rings is 2. The molecular formula is C19H21N5OS. The lowest BCUT2D eigenvalue weighted by atomic mass is 10.1. The first-order chi connectivity index (χ1) is 12.6. The Morgan fingerprint density at radius 3 is 2.54 bits per heavy atom. The zero-order valence-corrected chi connectivity index (χ0v) is 15.8. The van der Waals surface area contributed by atoms with Gasteiger partial charge in [-0.15, -0.1) is 5.10 Å². The number of thioether (sulfide) groups is 1. The van der Waals surface area contributed by atoms with Gasteiger partial charge in [0.2, 0.25) is 11.1 Å². The average molecular weight is 367 g/mol. The molecule has 3 aromatic rings. The lowest BCUT2D eigenvalue weighted by molar-refractivity contribution is -0.128. The van der Waals surface area contributed by atoms with E-state index in [0.29, 0.717) is 5.16 Å². The second-order valence-electron chi connectivity index (χ2n) is 6.09. The molecule has 0 aliphatic rings. The van der Waals surface area contributed by atoms with Crippen LogP contribution < -0.4 is 0 Å². The largest absolute Gasteiger partial charge is 0.338 e. The molecule has 0 fully saturated rings. The maximum atomic E-state index is 12.6. The van der Waals surface area contributed by atoms with Gasteiger partial charge in [-0.3, -0.25) is 4.79 Å². The van der Waals surface area contributed by atoms with Crippen LogP contribution in [0.2, 0.25) is 0 Å². The van der Waals surface area contributed by atoms with Crippen LogP contribution in [0.1, 0.15) is 24.1 Å². The number of nitrogens with zero attached hydrogens (tertiary/aromatic N) is 5. The number of hydrogen-bond donors (Lipinski definition) is 0. The van der Waals surface area contributed by atoms with Crippen molar-refractivity contribution < 1.29 is 4.79 Å². The maximum absolute atomic E-state index is 12.6. The summed E-state index contributed by atoms with van der Waals surface area (Å²) in [5.41, 5.74) is 3.15. The summed E-state index contributed by atoms with van der Waals surface area (Å²) in [5, 5.41) is 12.4. The van der Waals surface area contributed by atoms with Crippen LogP contribution in [-0.2, 0) is 4.79 Å². The highest BCUT2D eigenvalue weighted by Gasteiger charge is 2.19. The number of hydrogen-bond acceptors (Lipinski definition) is 5. The normalized spacial score (nSPS) is 12.0. The van der Waals surface area contributed by atoms with Gasteiger partial charge in [-0.05, 0) is 42.0 Å². The van der Waals surface area contributed by atoms with Crippen LogP contribution in [-0.4, -0.2) is 43.8 Å². The molecule has 0 saturated carbocycles. The molecular weight excluding hydrogens is 346 g/mol. The second-order valence-corrected chi connectivity index (χ2v) is 7.03. The van der Waals surface area contributed by atoms with Crippen LogP contribution in [0.15, 0.2) is 59.8 Å². The van der Waals surface area contributed by atoms with Crippen molar-refractivity contribution in [3.63, 3.8) is 0 Å². The van der Waals surface area contributed by atoms with E-state index in [2.05, 4.69) is 15.5 Å². The lowest BCUT2D eigenvalue weighted by Crippen LogP contribution is -2.31. The van der Waals surface area contributed by atoms with Gasteiger partial charge >= 0.3 is 0 Å². The summed E-state index contributed by atoms with van der Waals surface area (Å²) >= 11 is 1.34. The minimum absolute atomic E-state index is 0.0115. The van der Waals surface area contributed by atoms with Crippen molar-refractivity contribution >= 4 is 17.7 Å². The molecule has 3 rings (SSSR count). The van der Waals surface area contributed by atoms with Crippen molar-refractivity contribution in [2.75, 3.05) is 12.8 Å². The molecule has 26 heavy (non-hydrogen) atoms. The third kappa shape index (κ3) is 4.11. The van der Waals surface area contributed by atoms with E-state index >= 15 is 0 Å². The molecule has 0 saturated heterocycles. The number of rotatable bonds is 6. The monoisotopic (exact) mass is 367 g/mol. The fourth-order valence-corrected chi connectivity index (χ4v) is 3.33. The summed E-state index contributed by atoms with van der Waals surface area (Å²) in [6.45, 7) is 4.05. The van der Waals surface area contributed by atoms with Crippen LogP contribution in [0.25, 0.3) is 5.69 Å². The van der Waals surface area contributed by atoms with E-state index in [9.17, 15) is 4.79 Å². The highest BCUT2D eigenvalue weighted by Crippen LogP contribution is 2.22. The van der Waals surface area contributed by atoms with Crippen molar-refractivity contribution in [1.82, 2.24) is 25.1 Å². The molecule has 134 valence electrons. The molecule has 1 aromatic heterocycles. The summed E-state index contributed by atoms with van der Waals surface area (Å²) < 4.78 is 1.65. The third-order valence-electron chi connectivity index (χ3n) is 4.30. The van der Waals surface area contributed by atoms with Gasteiger partial charge in [0.1, 0.15) is 0 Å². The molecule has 1 unspecified atom stereocenters. The minimum Gasteiger partial charge on any atom is -0.338 e. The Morgan fingerprint density at radius 2 is 1.85 bits per heavy atom. The number of carbonyl (C=O) groups excluding carboxylic acids is 1. The number of carbonyl (C=O) groups is 1. The van der Waals surface area contributed by atoms with E-state index in [1.54, 1.807) is 9.58 Å². The van der Waals surface area contributed by atoms with E-state index in [-0.39, 0.29) is 17.7 Å². The van der Waals surface area contributed by atoms with Crippen molar-refractivity contribution in [3.8, 4) is 5.69 Å². The van der Waals surface area contributed by atoms with E-state index in [4.69, 9.17) is 0 Å². The standard InChI is InChI=1S/C19H21N5OS/c1-14-9-11-17(12-10-14)24-19(20-21-22-24)26-13-18(25)23(3)15(2)16-7-5-4-6-8-16/h4-12,15H,13H2,1-3H3. The minimum atomic E-state index is 0.0115. The van der Waals surface area contributed by atoms with Gasteiger partial charge in [-0.25, -0.2) is 0 Å². The Bertz CT molecular complexity index is 863. The van der Waals surface area contributed by atoms with Crippen molar-refractivity contribution in [2.45, 2.75) is 25.0 Å². The predicted molar refractivity (Wildman–Crippen MR) is 102 cm³/mol. The summed E-state index contributed by atoms with van der Waals surface area (Å²) in [6, 6.07) is 17.9. The fourth-order valence-electron chi connectivity index (χ4n) is 2.52. The summed E-state index contributed by atoms with van der Waals surface area (Å²) in [4.78, 5) is 14.3. The van der Waals surface area contributed by atoms with Gasteiger partial charge in [0.15, 0.2) is 0 Å². The molecule has 0 radical (unpaired) electrons. The number of aromatic nitrogens is 4. The van der Waals surface area contributed by atoms with Crippen LogP contribution in [0.5, 0.6) is 0 Å². The Kier molecular flexibility index (Phi) is 5.68. The van der Waals surface area contributed by atoms with E-state index in [1.165, 1.54) is 17.3 Å². The Labute approximate surface area is 157 Å². The molecule has 2 aromatic carbocycles. The second kappa shape index (κ2) is 8.14. The first-order valence-electron chi connectivity index (χ1n) is 8.35. The summed E-state index contributed by atoms with van der Waals surface area (Å²) in [6.07, 6.45) is 0. The molecule has 1 heterocycles. The third-order valence-corrected chi connectivity index (χ3v) is 5.20. The fraction of sp³-hybridized carbons (Fsp3) is 0.263. The number of tetrazole rings is 1. The number of aryl methyl sites for hydroxylation is 1. The topological polar surface area (TPSA) is 63.9 Å². The average Bonchev–Trinajstić information content (AvgIpc) is 3.14. The molecule has 1 atom stereocenters. The van der Waals surface area contributed by atoms with Gasteiger partial charge < -0.3 is 4.90 Å². The van der Waals surface area contributed by atoms with Crippen LogP contribution in [0, 0.1) is 6.92 Å². The first-order valence-corrected chi connectivity index (χ1v) is 9.33. The Morgan fingerprint density at radius 1 is 1.15 bits per heavy atom. The molecule has 0 aliphatic heterocycles. The van der Waals surface area contributed by atoms with Crippen molar-refractivity contribution in [3.05, 3.63) is 65.7 Å². The van der Waals surface area contributed by atoms with Gasteiger partial charge in [0, 0.05) is 7.05 Å². The van der Waals surface area contributed by atoms with Crippen molar-refractivity contribution in [2.24, 2.45) is 0 Å². The van der Waals surface area contributed by atoms with E-state index in [1.807, 2.05) is 75.5 Å². The highest BCUT2D eigenvalue weighted by atomic mass is 32.2. The van der Waals surface area contributed by atoms with Crippen LogP contribution in [0.4, 0.5) is 0 Å². The van der Waals surface area contributed by atoms with Crippen LogP contribution >= 0.6 is 11.8 Å². The Hall–Kier alpha value is -2.67.